The summed E-state index contributed by atoms with van der Waals surface area (Å²) in [5.74, 6) is 1.42. The molecular weight excluding hydrogens is 378 g/mol. The van der Waals surface area contributed by atoms with Crippen LogP contribution in [0.3, 0.4) is 0 Å². The number of methoxy groups -OCH3 is 1. The third-order valence-electron chi connectivity index (χ3n) is 5.05. The summed E-state index contributed by atoms with van der Waals surface area (Å²) in [6, 6.07) is 25.2. The number of aliphatic hydroxyl groups is 1. The molecule has 0 unspecified atom stereocenters. The first-order valence-corrected chi connectivity index (χ1v) is 9.87. The van der Waals surface area contributed by atoms with E-state index >= 15 is 0 Å². The van der Waals surface area contributed by atoms with Gasteiger partial charge in [0.1, 0.15) is 24.2 Å². The van der Waals surface area contributed by atoms with Crippen LogP contribution in [-0.4, -0.2) is 34.1 Å². The van der Waals surface area contributed by atoms with Gasteiger partial charge in [-0.3, -0.25) is 5.41 Å². The molecule has 1 atom stereocenters. The number of rotatable bonds is 8. The van der Waals surface area contributed by atoms with Gasteiger partial charge in [-0.1, -0.05) is 42.5 Å². The van der Waals surface area contributed by atoms with E-state index in [2.05, 4.69) is 12.1 Å². The lowest BCUT2D eigenvalue weighted by molar-refractivity contribution is 0.0921. The predicted molar refractivity (Wildman–Crippen MR) is 116 cm³/mol. The van der Waals surface area contributed by atoms with E-state index in [9.17, 15) is 5.11 Å². The highest BCUT2D eigenvalue weighted by molar-refractivity contribution is 5.76. The van der Waals surface area contributed by atoms with Crippen LogP contribution >= 0.6 is 0 Å². The summed E-state index contributed by atoms with van der Waals surface area (Å²) in [5, 5.41) is 19.3. The van der Waals surface area contributed by atoms with Crippen LogP contribution in [0.5, 0.6) is 11.5 Å². The maximum atomic E-state index is 10.6. The van der Waals surface area contributed by atoms with Gasteiger partial charge in [-0.05, 0) is 42.0 Å². The second-order valence-corrected chi connectivity index (χ2v) is 7.14. The van der Waals surface area contributed by atoms with Gasteiger partial charge in [-0.25, -0.2) is 0 Å². The molecule has 4 aromatic rings. The fourth-order valence-corrected chi connectivity index (χ4v) is 3.53. The molecule has 6 nitrogen and oxygen atoms in total. The molecular formula is C24H25N3O3. The summed E-state index contributed by atoms with van der Waals surface area (Å²) in [5.41, 5.74) is 3.36. The molecule has 0 aliphatic rings. The fourth-order valence-electron chi connectivity index (χ4n) is 3.53. The highest BCUT2D eigenvalue weighted by Crippen LogP contribution is 2.18. The number of hydrogen-bond acceptors (Lipinski definition) is 4. The second kappa shape index (κ2) is 8.88. The van der Waals surface area contributed by atoms with Gasteiger partial charge in [0.15, 0.2) is 0 Å². The van der Waals surface area contributed by atoms with Crippen molar-refractivity contribution in [2.45, 2.75) is 19.2 Å². The minimum atomic E-state index is -0.753. The maximum Gasteiger partial charge on any atom is 0.203 e. The van der Waals surface area contributed by atoms with E-state index in [4.69, 9.17) is 14.9 Å². The molecule has 0 fully saturated rings. The minimum Gasteiger partial charge on any atom is -0.497 e. The highest BCUT2D eigenvalue weighted by atomic mass is 16.5. The van der Waals surface area contributed by atoms with Gasteiger partial charge < -0.3 is 23.7 Å². The largest absolute Gasteiger partial charge is 0.497 e. The Morgan fingerprint density at radius 2 is 1.43 bits per heavy atom. The van der Waals surface area contributed by atoms with Crippen molar-refractivity contribution in [2.75, 3.05) is 13.7 Å². The van der Waals surface area contributed by atoms with Crippen LogP contribution in [-0.2, 0) is 13.1 Å². The molecule has 0 saturated carbocycles. The topological polar surface area (TPSA) is 72.4 Å². The van der Waals surface area contributed by atoms with Gasteiger partial charge >= 0.3 is 0 Å². The Hall–Kier alpha value is -3.51. The van der Waals surface area contributed by atoms with Gasteiger partial charge in [0.05, 0.1) is 31.2 Å². The van der Waals surface area contributed by atoms with Crippen LogP contribution < -0.4 is 15.1 Å². The zero-order valence-electron chi connectivity index (χ0n) is 16.9. The Kier molecular flexibility index (Phi) is 5.86. The number of nitrogens with zero attached hydrogens (tertiary/aromatic N) is 2. The second-order valence-electron chi connectivity index (χ2n) is 7.14. The molecule has 30 heavy (non-hydrogen) atoms. The molecule has 154 valence electrons. The van der Waals surface area contributed by atoms with E-state index in [-0.39, 0.29) is 13.2 Å². The van der Waals surface area contributed by atoms with Gasteiger partial charge in [0, 0.05) is 0 Å². The lowest BCUT2D eigenvalue weighted by Crippen LogP contribution is -2.31. The molecule has 0 aliphatic heterocycles. The molecule has 0 spiro atoms. The fraction of sp³-hybridized carbons (Fsp3) is 0.208. The standard InChI is InChI=1S/C24H25N3O3/c1-29-20-11-13-21(14-12-20)30-17-19(28)16-27-23-10-6-5-9-22(23)26(24(27)25)15-18-7-3-2-4-8-18/h2-14,19,25,28H,15-17H2,1H3/t19-/m1/s1. The van der Waals surface area contributed by atoms with E-state index in [0.717, 1.165) is 22.3 Å². The van der Waals surface area contributed by atoms with Crippen molar-refractivity contribution in [3.63, 3.8) is 0 Å². The predicted octanol–water partition coefficient (Wildman–Crippen LogP) is 3.42. The number of aromatic nitrogens is 2. The zero-order valence-corrected chi connectivity index (χ0v) is 16.9. The van der Waals surface area contributed by atoms with Crippen LogP contribution in [0, 0.1) is 5.41 Å². The smallest absolute Gasteiger partial charge is 0.203 e. The summed E-state index contributed by atoms with van der Waals surface area (Å²) >= 11 is 0. The molecule has 6 heteroatoms. The van der Waals surface area contributed by atoms with Crippen LogP contribution in [0.1, 0.15) is 5.56 Å². The van der Waals surface area contributed by atoms with E-state index in [1.807, 2.05) is 63.7 Å². The molecule has 1 aromatic heterocycles. The number of hydrogen-bond donors (Lipinski definition) is 2. The lowest BCUT2D eigenvalue weighted by atomic mass is 10.2. The molecule has 1 heterocycles. The number of ether oxygens (including phenoxy) is 2. The third kappa shape index (κ3) is 4.23. The highest BCUT2D eigenvalue weighted by Gasteiger charge is 2.15. The number of nitrogens with one attached hydrogen (secondary N) is 1. The first kappa shape index (κ1) is 19.8. The monoisotopic (exact) mass is 403 g/mol. The van der Waals surface area contributed by atoms with E-state index in [1.165, 1.54) is 0 Å². The normalized spacial score (nSPS) is 12.1. The SMILES string of the molecule is COc1ccc(OC[C@H](O)Cn2c(=N)n(Cc3ccccc3)c3ccccc32)cc1. The average molecular weight is 403 g/mol. The average Bonchev–Trinajstić information content (AvgIpc) is 3.05. The summed E-state index contributed by atoms with van der Waals surface area (Å²) in [4.78, 5) is 0. The van der Waals surface area contributed by atoms with Crippen molar-refractivity contribution in [2.24, 2.45) is 0 Å². The number of aliphatic hydroxyl groups excluding tert-OH is 1. The van der Waals surface area contributed by atoms with Gasteiger partial charge in [-0.2, -0.15) is 0 Å². The van der Waals surface area contributed by atoms with Crippen molar-refractivity contribution >= 4 is 11.0 Å². The van der Waals surface area contributed by atoms with Crippen LogP contribution in [0.2, 0.25) is 0 Å². The van der Waals surface area contributed by atoms with Gasteiger partial charge in [0.2, 0.25) is 5.62 Å². The Bertz CT molecular complexity index is 1160. The van der Waals surface area contributed by atoms with Crippen molar-refractivity contribution in [1.82, 2.24) is 9.13 Å². The molecule has 0 saturated heterocycles. The third-order valence-corrected chi connectivity index (χ3v) is 5.05. The first-order valence-electron chi connectivity index (χ1n) is 9.87. The molecule has 0 radical (unpaired) electrons. The Morgan fingerprint density at radius 1 is 0.833 bits per heavy atom. The molecule has 2 N–H and O–H groups in total. The number of para-hydroxylation sites is 2. The Labute approximate surface area is 175 Å². The molecule has 0 bridgehead atoms. The van der Waals surface area contributed by atoms with Crippen molar-refractivity contribution in [3.05, 3.63) is 90.0 Å². The maximum absolute atomic E-state index is 10.6. The quantitative estimate of drug-likeness (QED) is 0.474. The summed E-state index contributed by atoms with van der Waals surface area (Å²) in [6.45, 7) is 1.01. The van der Waals surface area contributed by atoms with Crippen LogP contribution in [0.4, 0.5) is 0 Å². The van der Waals surface area contributed by atoms with Crippen molar-refractivity contribution < 1.29 is 14.6 Å². The van der Waals surface area contributed by atoms with Crippen molar-refractivity contribution in [1.29, 1.82) is 5.41 Å². The van der Waals surface area contributed by atoms with E-state index < -0.39 is 6.10 Å². The minimum absolute atomic E-state index is 0.136. The van der Waals surface area contributed by atoms with Crippen LogP contribution in [0.25, 0.3) is 11.0 Å². The molecule has 0 amide bonds. The van der Waals surface area contributed by atoms with Gasteiger partial charge in [-0.15, -0.1) is 0 Å². The van der Waals surface area contributed by atoms with Crippen molar-refractivity contribution in [3.8, 4) is 11.5 Å². The number of imidazole rings is 1. The lowest BCUT2D eigenvalue weighted by Gasteiger charge is -2.14. The van der Waals surface area contributed by atoms with E-state index in [0.29, 0.717) is 17.9 Å². The van der Waals surface area contributed by atoms with Crippen LogP contribution in [0.15, 0.2) is 78.9 Å². The summed E-state index contributed by atoms with van der Waals surface area (Å²) in [7, 11) is 1.61. The molecule has 3 aromatic carbocycles. The molecule has 4 rings (SSSR count). The van der Waals surface area contributed by atoms with E-state index in [1.54, 1.807) is 19.2 Å². The first-order chi connectivity index (χ1) is 14.7. The number of benzene rings is 3. The molecule has 0 aliphatic carbocycles. The summed E-state index contributed by atoms with van der Waals surface area (Å²) < 4.78 is 14.6. The Morgan fingerprint density at radius 3 is 2.10 bits per heavy atom. The zero-order chi connectivity index (χ0) is 20.9. The Balaban J connectivity index is 1.53. The number of fused-ring (bicyclic) bond motifs is 1. The van der Waals surface area contributed by atoms with Gasteiger partial charge in [0.25, 0.3) is 0 Å². The summed E-state index contributed by atoms with van der Waals surface area (Å²) in [6.07, 6.45) is -0.753.